The summed E-state index contributed by atoms with van der Waals surface area (Å²) in [5, 5.41) is 0. The van der Waals surface area contributed by atoms with E-state index in [9.17, 15) is 0 Å². The molecule has 3 nitrogen and oxygen atoms in total. The Balaban J connectivity index is 1.48. The van der Waals surface area contributed by atoms with Crippen LogP contribution < -0.4 is 30.9 Å². The number of nitrogens with zero attached hydrogens (tertiary/aromatic N) is 2. The summed E-state index contributed by atoms with van der Waals surface area (Å²) in [6, 6.07) is 33.0. The van der Waals surface area contributed by atoms with Crippen LogP contribution >= 0.6 is 0 Å². The number of aryl methyl sites for hydroxylation is 1. The van der Waals surface area contributed by atoms with Crippen molar-refractivity contribution in [2.75, 3.05) is 9.80 Å². The lowest BCUT2D eigenvalue weighted by molar-refractivity contribution is 0.470. The first-order valence-corrected chi connectivity index (χ1v) is 18.7. The van der Waals surface area contributed by atoms with E-state index in [0.29, 0.717) is 0 Å². The molecule has 0 unspecified atom stereocenters. The third kappa shape index (κ3) is 5.31. The quantitative estimate of drug-likeness (QED) is 0.161. The van der Waals surface area contributed by atoms with E-state index in [1.807, 2.05) is 0 Å². The van der Waals surface area contributed by atoms with E-state index in [0.717, 1.165) is 17.2 Å². The average Bonchev–Trinajstić information content (AvgIpc) is 3.03. The summed E-state index contributed by atoms with van der Waals surface area (Å²) >= 11 is 0. The van der Waals surface area contributed by atoms with Gasteiger partial charge in [-0.15, -0.1) is 0 Å². The third-order valence-corrected chi connectivity index (χ3v) is 11.3. The summed E-state index contributed by atoms with van der Waals surface area (Å²) < 4.78 is 7.03. The van der Waals surface area contributed by atoms with Gasteiger partial charge in [0.25, 0.3) is 6.71 Å². The molecule has 0 N–H and O–H groups in total. The SMILES string of the molecule is Cc1cc2c3c(c1)N1c4ccc(C(C)(C)C)cc4Oc4cc(C(C)(C)C)cc(c41)B3c1cc(C(C)(C)C)ccc1N2c1ccc(C(C)(C)C)cc1. The largest absolute Gasteiger partial charge is 0.453 e. The summed E-state index contributed by atoms with van der Waals surface area (Å²) in [5.74, 6) is 1.86. The molecular weight excluding hydrogens is 619 g/mol. The summed E-state index contributed by atoms with van der Waals surface area (Å²) in [6.45, 7) is 29.9. The molecule has 0 spiro atoms. The Morgan fingerprint density at radius 1 is 0.451 bits per heavy atom. The lowest BCUT2D eigenvalue weighted by Crippen LogP contribution is -2.62. The lowest BCUT2D eigenvalue weighted by Gasteiger charge is -2.47. The molecule has 3 heterocycles. The minimum absolute atomic E-state index is 0.00406. The van der Waals surface area contributed by atoms with Gasteiger partial charge in [-0.1, -0.05) is 119 Å². The topological polar surface area (TPSA) is 15.7 Å². The van der Waals surface area contributed by atoms with Gasteiger partial charge in [-0.3, -0.25) is 0 Å². The lowest BCUT2D eigenvalue weighted by atomic mass is 9.33. The standard InChI is InChI=1S/C47H53BN2O/c1-28-22-38-42-39(23-28)50-37-21-17-31(46(8,9)10)26-40(37)51-41-27-32(47(11,12)13)25-35(43(41)50)48(42)34-24-30(45(5,6)7)16-20-36(34)49(38)33-18-14-29(15-19-33)44(2,3)4/h14-27H,1-13H3. The van der Waals surface area contributed by atoms with Crippen LogP contribution in [0.1, 0.15) is 111 Å². The van der Waals surface area contributed by atoms with Crippen LogP contribution in [0.25, 0.3) is 0 Å². The zero-order valence-corrected chi connectivity index (χ0v) is 33.0. The van der Waals surface area contributed by atoms with Crippen molar-refractivity contribution >= 4 is 57.2 Å². The fourth-order valence-electron chi connectivity index (χ4n) is 8.21. The minimum atomic E-state index is -0.0603. The summed E-state index contributed by atoms with van der Waals surface area (Å²) in [6.07, 6.45) is 0. The molecule has 0 atom stereocenters. The molecule has 0 fully saturated rings. The highest BCUT2D eigenvalue weighted by Gasteiger charge is 2.47. The molecule has 3 aliphatic heterocycles. The maximum atomic E-state index is 7.03. The van der Waals surface area contributed by atoms with E-state index in [1.54, 1.807) is 0 Å². The molecule has 3 aliphatic rings. The van der Waals surface area contributed by atoms with Crippen LogP contribution in [0.15, 0.2) is 84.9 Å². The summed E-state index contributed by atoms with van der Waals surface area (Å²) in [7, 11) is 0. The van der Waals surface area contributed by atoms with E-state index in [-0.39, 0.29) is 28.4 Å². The first-order valence-electron chi connectivity index (χ1n) is 18.7. The van der Waals surface area contributed by atoms with Crippen LogP contribution in [-0.4, -0.2) is 6.71 Å². The van der Waals surface area contributed by atoms with Gasteiger partial charge in [0, 0.05) is 22.7 Å². The van der Waals surface area contributed by atoms with Gasteiger partial charge in [0.15, 0.2) is 11.5 Å². The molecule has 0 radical (unpaired) electrons. The van der Waals surface area contributed by atoms with E-state index in [2.05, 4.69) is 185 Å². The van der Waals surface area contributed by atoms with Gasteiger partial charge < -0.3 is 14.5 Å². The number of rotatable bonds is 1. The number of fused-ring (bicyclic) bond motifs is 6. The average molecular weight is 673 g/mol. The van der Waals surface area contributed by atoms with Crippen LogP contribution in [-0.2, 0) is 21.7 Å². The second-order valence-corrected chi connectivity index (χ2v) is 19.3. The van der Waals surface area contributed by atoms with Crippen LogP contribution in [0.5, 0.6) is 11.5 Å². The van der Waals surface area contributed by atoms with Crippen LogP contribution in [0.4, 0.5) is 34.1 Å². The first-order chi connectivity index (χ1) is 23.7. The van der Waals surface area contributed by atoms with Crippen molar-refractivity contribution in [1.29, 1.82) is 0 Å². The normalized spacial score (nSPS) is 14.8. The molecule has 260 valence electrons. The second kappa shape index (κ2) is 10.8. The van der Waals surface area contributed by atoms with Gasteiger partial charge in [-0.05, 0) is 121 Å². The highest BCUT2D eigenvalue weighted by Crippen LogP contribution is 2.54. The molecular formula is C47H53BN2O. The molecule has 51 heavy (non-hydrogen) atoms. The van der Waals surface area contributed by atoms with E-state index in [1.165, 1.54) is 72.6 Å². The molecule has 5 aromatic carbocycles. The van der Waals surface area contributed by atoms with Crippen molar-refractivity contribution in [1.82, 2.24) is 0 Å². The minimum Gasteiger partial charge on any atom is -0.453 e. The molecule has 5 aromatic rings. The van der Waals surface area contributed by atoms with Crippen molar-refractivity contribution in [3.8, 4) is 11.5 Å². The van der Waals surface area contributed by atoms with Gasteiger partial charge in [-0.2, -0.15) is 0 Å². The maximum Gasteiger partial charge on any atom is 0.252 e. The van der Waals surface area contributed by atoms with E-state index >= 15 is 0 Å². The third-order valence-electron chi connectivity index (χ3n) is 11.3. The Morgan fingerprint density at radius 2 is 0.941 bits per heavy atom. The fraction of sp³-hybridized carbons (Fsp3) is 0.362. The Morgan fingerprint density at radius 3 is 1.53 bits per heavy atom. The number of hydrogen-bond acceptors (Lipinski definition) is 3. The van der Waals surface area contributed by atoms with Crippen LogP contribution in [0.2, 0.25) is 0 Å². The van der Waals surface area contributed by atoms with Gasteiger partial charge >= 0.3 is 0 Å². The zero-order valence-electron chi connectivity index (χ0n) is 33.0. The Labute approximate surface area is 306 Å². The zero-order chi connectivity index (χ0) is 36.6. The molecule has 4 heteroatoms. The highest BCUT2D eigenvalue weighted by atomic mass is 16.5. The second-order valence-electron chi connectivity index (χ2n) is 19.3. The van der Waals surface area contributed by atoms with Gasteiger partial charge in [0.05, 0.1) is 11.4 Å². The van der Waals surface area contributed by atoms with E-state index in [4.69, 9.17) is 4.74 Å². The number of ether oxygens (including phenoxy) is 1. The Hall–Kier alpha value is -4.44. The predicted molar refractivity (Wildman–Crippen MR) is 220 cm³/mol. The Kier molecular flexibility index (Phi) is 7.13. The number of hydrogen-bond donors (Lipinski definition) is 0. The smallest absolute Gasteiger partial charge is 0.252 e. The first kappa shape index (κ1) is 33.7. The molecule has 8 rings (SSSR count). The molecule has 0 aliphatic carbocycles. The molecule has 0 saturated heterocycles. The van der Waals surface area contributed by atoms with Crippen LogP contribution in [0, 0.1) is 6.92 Å². The molecule has 0 aromatic heterocycles. The maximum absolute atomic E-state index is 7.03. The van der Waals surface area contributed by atoms with Gasteiger partial charge in [0.2, 0.25) is 0 Å². The van der Waals surface area contributed by atoms with Crippen molar-refractivity contribution in [3.05, 3.63) is 113 Å². The summed E-state index contributed by atoms with van der Waals surface area (Å²) in [4.78, 5) is 5.05. The van der Waals surface area contributed by atoms with Crippen molar-refractivity contribution in [3.63, 3.8) is 0 Å². The number of benzene rings is 5. The van der Waals surface area contributed by atoms with Crippen molar-refractivity contribution in [2.24, 2.45) is 0 Å². The summed E-state index contributed by atoms with van der Waals surface area (Å²) in [5.41, 5.74) is 17.7. The van der Waals surface area contributed by atoms with Crippen molar-refractivity contribution < 1.29 is 4.74 Å². The fourth-order valence-corrected chi connectivity index (χ4v) is 8.21. The molecule has 0 saturated carbocycles. The van der Waals surface area contributed by atoms with E-state index < -0.39 is 0 Å². The van der Waals surface area contributed by atoms with Gasteiger partial charge in [0.1, 0.15) is 0 Å². The Bertz CT molecular complexity index is 2240. The number of anilines is 6. The molecule has 0 bridgehead atoms. The highest BCUT2D eigenvalue weighted by molar-refractivity contribution is 7.00. The van der Waals surface area contributed by atoms with Crippen LogP contribution in [0.3, 0.4) is 0 Å². The van der Waals surface area contributed by atoms with Gasteiger partial charge in [-0.25, -0.2) is 0 Å². The molecule has 0 amide bonds. The predicted octanol–water partition coefficient (Wildman–Crippen LogP) is 11.4. The monoisotopic (exact) mass is 672 g/mol. The van der Waals surface area contributed by atoms with Crippen molar-refractivity contribution in [2.45, 2.75) is 112 Å².